The van der Waals surface area contributed by atoms with E-state index in [1.807, 2.05) is 0 Å². The molecule has 1 aromatic carbocycles. The number of carbonyl (C=O) groups excluding carboxylic acids is 1. The molecule has 3 aliphatic rings. The standard InChI is InChI=1S/C20H24N4O3S/c1-2-14-11-27-19-17(10-21-24(14)19)28(26)23-20(25)22-18-15-7-3-5-12(15)9-13-6-4-8-16(13)18/h9-10,14,28H,2-8,11H2,1H3,(H,22,25)/t14-/m1/s1. The first-order valence-electron chi connectivity index (χ1n) is 10.0. The second-order valence-corrected chi connectivity index (χ2v) is 8.92. The molecule has 1 unspecified atom stereocenters. The van der Waals surface area contributed by atoms with Gasteiger partial charge in [-0.2, -0.15) is 5.10 Å². The summed E-state index contributed by atoms with van der Waals surface area (Å²) in [5, 5.41) is 7.24. The average molecular weight is 401 g/mol. The van der Waals surface area contributed by atoms with Crippen molar-refractivity contribution in [3.63, 3.8) is 0 Å². The molecule has 0 spiro atoms. The summed E-state index contributed by atoms with van der Waals surface area (Å²) in [5.74, 6) is 0.478. The van der Waals surface area contributed by atoms with Crippen LogP contribution < -0.4 is 10.1 Å². The van der Waals surface area contributed by atoms with Crippen molar-refractivity contribution in [1.29, 1.82) is 0 Å². The van der Waals surface area contributed by atoms with Crippen molar-refractivity contribution in [1.82, 2.24) is 9.78 Å². The number of ether oxygens (including phenoxy) is 1. The highest BCUT2D eigenvalue weighted by Gasteiger charge is 2.28. The van der Waals surface area contributed by atoms with Crippen LogP contribution in [0.3, 0.4) is 0 Å². The molecule has 0 saturated carbocycles. The zero-order valence-electron chi connectivity index (χ0n) is 15.9. The zero-order chi connectivity index (χ0) is 19.3. The van der Waals surface area contributed by atoms with Crippen LogP contribution in [0.25, 0.3) is 0 Å². The number of carbonyl (C=O) groups is 1. The van der Waals surface area contributed by atoms with Crippen molar-refractivity contribution in [3.05, 3.63) is 34.5 Å². The number of rotatable bonds is 3. The topological polar surface area (TPSA) is 85.6 Å². The molecular weight excluding hydrogens is 376 g/mol. The maximum atomic E-state index is 12.7. The predicted molar refractivity (Wildman–Crippen MR) is 107 cm³/mol. The molecule has 2 heterocycles. The van der Waals surface area contributed by atoms with Crippen LogP contribution in [-0.2, 0) is 36.3 Å². The number of nitrogens with one attached hydrogen (secondary N) is 1. The second-order valence-electron chi connectivity index (χ2n) is 7.69. The van der Waals surface area contributed by atoms with Gasteiger partial charge in [0.05, 0.1) is 22.8 Å². The number of fused-ring (bicyclic) bond motifs is 3. The van der Waals surface area contributed by atoms with Crippen LogP contribution in [0.4, 0.5) is 10.5 Å². The minimum absolute atomic E-state index is 0.149. The number of aromatic nitrogens is 2. The molecule has 0 radical (unpaired) electrons. The van der Waals surface area contributed by atoms with Crippen molar-refractivity contribution in [2.75, 3.05) is 11.9 Å². The Morgan fingerprint density at radius 3 is 2.68 bits per heavy atom. The quantitative estimate of drug-likeness (QED) is 0.773. The number of amides is 2. The summed E-state index contributed by atoms with van der Waals surface area (Å²) in [6.45, 7) is 2.57. The maximum absolute atomic E-state index is 12.7. The van der Waals surface area contributed by atoms with E-state index in [2.05, 4.69) is 27.8 Å². The molecule has 2 amide bonds. The van der Waals surface area contributed by atoms with Crippen LogP contribution in [0, 0.1) is 0 Å². The fourth-order valence-corrected chi connectivity index (χ4v) is 5.45. The fraction of sp³-hybridized carbons (Fsp3) is 0.500. The normalized spacial score (nSPS) is 20.5. The van der Waals surface area contributed by atoms with Gasteiger partial charge < -0.3 is 10.1 Å². The summed E-state index contributed by atoms with van der Waals surface area (Å²) in [6, 6.07) is 1.91. The van der Waals surface area contributed by atoms with Crippen LogP contribution in [0.5, 0.6) is 5.88 Å². The van der Waals surface area contributed by atoms with Crippen molar-refractivity contribution >= 4 is 22.3 Å². The summed E-state index contributed by atoms with van der Waals surface area (Å²) in [7, 11) is -2.26. The maximum Gasteiger partial charge on any atom is 0.353 e. The van der Waals surface area contributed by atoms with Crippen LogP contribution in [0.1, 0.15) is 54.5 Å². The first-order chi connectivity index (χ1) is 13.7. The molecule has 0 saturated heterocycles. The molecule has 8 heteroatoms. The Kier molecular flexibility index (Phi) is 4.38. The smallest absolute Gasteiger partial charge is 0.353 e. The third kappa shape index (κ3) is 2.82. The third-order valence-electron chi connectivity index (χ3n) is 6.05. The van der Waals surface area contributed by atoms with E-state index in [4.69, 9.17) is 4.74 Å². The summed E-state index contributed by atoms with van der Waals surface area (Å²) in [6.07, 6.45) is 8.71. The Morgan fingerprint density at radius 1 is 1.29 bits per heavy atom. The SMILES string of the molecule is CC[C@@H]1COc2c(/[SH](=O)=N/C(=O)Nc3c4c(cc5c3CCC5)CCC4)cnn21. The first kappa shape index (κ1) is 17.7. The summed E-state index contributed by atoms with van der Waals surface area (Å²) < 4.78 is 24.0. The largest absolute Gasteiger partial charge is 0.475 e. The first-order valence-corrected chi connectivity index (χ1v) is 11.2. The van der Waals surface area contributed by atoms with E-state index >= 15 is 0 Å². The van der Waals surface area contributed by atoms with Gasteiger partial charge in [-0.3, -0.25) is 0 Å². The molecule has 148 valence electrons. The van der Waals surface area contributed by atoms with Gasteiger partial charge in [0, 0.05) is 5.69 Å². The monoisotopic (exact) mass is 400 g/mol. The molecule has 5 rings (SSSR count). The molecule has 2 aliphatic carbocycles. The van der Waals surface area contributed by atoms with Crippen LogP contribution in [0.2, 0.25) is 0 Å². The van der Waals surface area contributed by atoms with Crippen molar-refractivity contribution in [2.24, 2.45) is 4.36 Å². The van der Waals surface area contributed by atoms with Gasteiger partial charge in [-0.25, -0.2) is 13.7 Å². The zero-order valence-corrected chi connectivity index (χ0v) is 16.8. The lowest BCUT2D eigenvalue weighted by Crippen LogP contribution is -2.11. The predicted octanol–water partition coefficient (Wildman–Crippen LogP) is 3.46. The molecule has 1 aromatic heterocycles. The van der Waals surface area contributed by atoms with E-state index < -0.39 is 16.6 Å². The molecule has 1 N–H and O–H groups in total. The van der Waals surface area contributed by atoms with E-state index in [0.29, 0.717) is 17.4 Å². The van der Waals surface area contributed by atoms with Crippen molar-refractivity contribution < 1.29 is 13.7 Å². The van der Waals surface area contributed by atoms with Crippen LogP contribution in [-0.4, -0.2) is 26.6 Å². The van der Waals surface area contributed by atoms with Gasteiger partial charge in [0.2, 0.25) is 5.88 Å². The third-order valence-corrected chi connectivity index (χ3v) is 7.14. The molecule has 1 aliphatic heterocycles. The van der Waals surface area contributed by atoms with Crippen LogP contribution in [0.15, 0.2) is 21.5 Å². The van der Waals surface area contributed by atoms with Crippen LogP contribution >= 0.6 is 0 Å². The number of hydrogen-bond acceptors (Lipinski definition) is 4. The number of hydrogen-bond donors (Lipinski definition) is 2. The molecule has 28 heavy (non-hydrogen) atoms. The van der Waals surface area contributed by atoms with Gasteiger partial charge in [0.25, 0.3) is 0 Å². The van der Waals surface area contributed by atoms with Gasteiger partial charge in [-0.05, 0) is 67.2 Å². The highest BCUT2D eigenvalue weighted by atomic mass is 32.2. The number of aryl methyl sites for hydroxylation is 2. The lowest BCUT2D eigenvalue weighted by molar-refractivity contribution is 0.260. The Hall–Kier alpha value is -2.35. The molecule has 2 aromatic rings. The van der Waals surface area contributed by atoms with Gasteiger partial charge >= 0.3 is 6.03 Å². The number of benzene rings is 1. The number of nitrogens with zero attached hydrogens (tertiary/aromatic N) is 3. The lowest BCUT2D eigenvalue weighted by atomic mass is 9.99. The molecule has 0 fully saturated rings. The van der Waals surface area contributed by atoms with Crippen molar-refractivity contribution in [3.8, 4) is 5.88 Å². The molecular formula is C20H24N4O3S. The summed E-state index contributed by atoms with van der Waals surface area (Å²) in [4.78, 5) is 13.0. The minimum atomic E-state index is -2.26. The van der Waals surface area contributed by atoms with Gasteiger partial charge in [-0.15, -0.1) is 4.36 Å². The molecule has 7 nitrogen and oxygen atoms in total. The number of anilines is 1. The summed E-state index contributed by atoms with van der Waals surface area (Å²) >= 11 is 0. The van der Waals surface area contributed by atoms with E-state index in [9.17, 15) is 9.00 Å². The van der Waals surface area contributed by atoms with Gasteiger partial charge in [-0.1, -0.05) is 13.0 Å². The summed E-state index contributed by atoms with van der Waals surface area (Å²) in [5.41, 5.74) is 6.07. The fourth-order valence-electron chi connectivity index (χ4n) is 4.65. The van der Waals surface area contributed by atoms with E-state index in [1.54, 1.807) is 4.68 Å². The Labute approximate surface area is 165 Å². The highest BCUT2D eigenvalue weighted by molar-refractivity contribution is 7.75. The Bertz CT molecular complexity index is 1020. The Morgan fingerprint density at radius 2 is 2.00 bits per heavy atom. The highest BCUT2D eigenvalue weighted by Crippen LogP contribution is 2.38. The number of thiol groups is 1. The Balaban J connectivity index is 1.43. The van der Waals surface area contributed by atoms with Gasteiger partial charge in [0.1, 0.15) is 11.5 Å². The van der Waals surface area contributed by atoms with E-state index in [0.717, 1.165) is 50.6 Å². The molecule has 0 bridgehead atoms. The second kappa shape index (κ2) is 6.92. The lowest BCUT2D eigenvalue weighted by Gasteiger charge is -2.14. The van der Waals surface area contributed by atoms with Gasteiger partial charge in [0.15, 0.2) is 0 Å². The molecule has 2 atom stereocenters. The van der Waals surface area contributed by atoms with Crippen molar-refractivity contribution in [2.45, 2.75) is 62.8 Å². The minimum Gasteiger partial charge on any atom is -0.475 e. The number of urea groups is 1. The van der Waals surface area contributed by atoms with E-state index in [-0.39, 0.29) is 6.04 Å². The van der Waals surface area contributed by atoms with E-state index in [1.165, 1.54) is 28.5 Å². The average Bonchev–Trinajstić information content (AvgIpc) is 3.44.